The van der Waals surface area contributed by atoms with Crippen LogP contribution in [0.2, 0.25) is 0 Å². The number of hydrogen-bond donors (Lipinski definition) is 2. The van der Waals surface area contributed by atoms with Crippen LogP contribution in [0.1, 0.15) is 24.0 Å². The predicted molar refractivity (Wildman–Crippen MR) is 105 cm³/mol. The van der Waals surface area contributed by atoms with Crippen molar-refractivity contribution in [2.24, 2.45) is 0 Å². The largest absolute Gasteiger partial charge is 0.493 e. The molecule has 0 unspecified atom stereocenters. The van der Waals surface area contributed by atoms with Crippen LogP contribution >= 0.6 is 0 Å². The molecule has 0 aromatic heterocycles. The van der Waals surface area contributed by atoms with Gasteiger partial charge in [0.2, 0.25) is 11.8 Å². The number of para-hydroxylation sites is 1. The highest BCUT2D eigenvalue weighted by Crippen LogP contribution is 2.28. The lowest BCUT2D eigenvalue weighted by molar-refractivity contribution is -0.120. The second kappa shape index (κ2) is 10.6. The second-order valence-electron chi connectivity index (χ2n) is 6.01. The minimum absolute atomic E-state index is 0.134. The van der Waals surface area contributed by atoms with Crippen molar-refractivity contribution in [1.29, 1.82) is 5.26 Å². The van der Waals surface area contributed by atoms with Crippen LogP contribution in [0.15, 0.2) is 42.5 Å². The Hall–Kier alpha value is -3.53. The molecule has 0 bridgehead atoms. The third kappa shape index (κ3) is 6.02. The molecule has 28 heavy (non-hydrogen) atoms. The molecule has 7 nitrogen and oxygen atoms in total. The van der Waals surface area contributed by atoms with Crippen molar-refractivity contribution in [3.8, 4) is 17.6 Å². The van der Waals surface area contributed by atoms with Gasteiger partial charge in [-0.1, -0.05) is 24.3 Å². The number of carbonyl (C=O) groups excluding carboxylic acids is 2. The van der Waals surface area contributed by atoms with Crippen molar-refractivity contribution in [2.75, 3.05) is 19.5 Å². The molecule has 2 rings (SSSR count). The summed E-state index contributed by atoms with van der Waals surface area (Å²) in [4.78, 5) is 23.8. The van der Waals surface area contributed by atoms with E-state index in [2.05, 4.69) is 10.6 Å². The summed E-state index contributed by atoms with van der Waals surface area (Å²) < 4.78 is 10.5. The number of ether oxygens (including phenoxy) is 2. The maximum atomic E-state index is 12.4. The van der Waals surface area contributed by atoms with Gasteiger partial charge in [0.15, 0.2) is 11.5 Å². The summed E-state index contributed by atoms with van der Waals surface area (Å²) in [6, 6.07) is 14.6. The fourth-order valence-corrected chi connectivity index (χ4v) is 2.63. The number of carbonyl (C=O) groups is 2. The minimum atomic E-state index is -0.350. The Balaban J connectivity index is 1.94. The van der Waals surface area contributed by atoms with Crippen LogP contribution in [0.25, 0.3) is 0 Å². The molecule has 0 aliphatic heterocycles. The topological polar surface area (TPSA) is 100 Å². The Kier molecular flexibility index (Phi) is 7.85. The zero-order chi connectivity index (χ0) is 20.4. The van der Waals surface area contributed by atoms with Gasteiger partial charge in [0, 0.05) is 18.7 Å². The van der Waals surface area contributed by atoms with Gasteiger partial charge in [-0.2, -0.15) is 5.26 Å². The highest BCUT2D eigenvalue weighted by molar-refractivity contribution is 5.91. The van der Waals surface area contributed by atoms with Crippen LogP contribution in [0, 0.1) is 11.3 Å². The van der Waals surface area contributed by atoms with E-state index in [9.17, 15) is 9.59 Å². The van der Waals surface area contributed by atoms with Gasteiger partial charge >= 0.3 is 0 Å². The number of benzene rings is 2. The maximum absolute atomic E-state index is 12.4. The van der Waals surface area contributed by atoms with Gasteiger partial charge in [-0.3, -0.25) is 9.59 Å². The van der Waals surface area contributed by atoms with Crippen molar-refractivity contribution in [2.45, 2.75) is 25.8 Å². The fraction of sp³-hybridized carbons (Fsp3) is 0.286. The van der Waals surface area contributed by atoms with E-state index in [4.69, 9.17) is 14.7 Å². The molecule has 0 saturated carbocycles. The number of hydrogen-bond acceptors (Lipinski definition) is 5. The molecule has 0 saturated heterocycles. The van der Waals surface area contributed by atoms with E-state index < -0.39 is 0 Å². The van der Waals surface area contributed by atoms with Crippen LogP contribution in [0.4, 0.5) is 5.69 Å². The van der Waals surface area contributed by atoms with Crippen molar-refractivity contribution in [3.05, 3.63) is 53.6 Å². The number of rotatable bonds is 9. The Morgan fingerprint density at radius 3 is 2.50 bits per heavy atom. The Morgan fingerprint density at radius 1 is 1.04 bits per heavy atom. The predicted octanol–water partition coefficient (Wildman–Crippen LogP) is 2.80. The van der Waals surface area contributed by atoms with Crippen molar-refractivity contribution in [1.82, 2.24) is 5.32 Å². The van der Waals surface area contributed by atoms with Gasteiger partial charge in [0.05, 0.1) is 20.3 Å². The van der Waals surface area contributed by atoms with Gasteiger partial charge < -0.3 is 20.1 Å². The van der Waals surface area contributed by atoms with E-state index >= 15 is 0 Å². The molecule has 0 fully saturated rings. The average Bonchev–Trinajstić information content (AvgIpc) is 2.71. The first-order valence-electron chi connectivity index (χ1n) is 8.79. The summed E-state index contributed by atoms with van der Waals surface area (Å²) in [6.45, 7) is 0.243. The lowest BCUT2D eigenvalue weighted by Crippen LogP contribution is -2.23. The molecule has 2 aromatic carbocycles. The molecule has 0 radical (unpaired) electrons. The Bertz CT molecular complexity index is 874. The third-order valence-electron chi connectivity index (χ3n) is 4.10. The van der Waals surface area contributed by atoms with Crippen LogP contribution in [-0.2, 0) is 22.6 Å². The molecule has 0 spiro atoms. The van der Waals surface area contributed by atoms with Gasteiger partial charge in [-0.05, 0) is 35.7 Å². The number of nitrogens with one attached hydrogen (secondary N) is 2. The van der Waals surface area contributed by atoms with Crippen molar-refractivity contribution < 1.29 is 19.1 Å². The van der Waals surface area contributed by atoms with Gasteiger partial charge in [0.1, 0.15) is 6.42 Å². The number of amides is 2. The molecular formula is C21H23N3O4. The number of nitriles is 1. The summed E-state index contributed by atoms with van der Waals surface area (Å²) in [5.41, 5.74) is 2.37. The smallest absolute Gasteiger partial charge is 0.234 e. The fourth-order valence-electron chi connectivity index (χ4n) is 2.63. The molecule has 0 aliphatic rings. The molecule has 7 heteroatoms. The standard InChI is InChI=1S/C21H23N3O4/c1-27-18-9-7-15(13-19(18)28-2)8-10-21(26)24-17-6-4-3-5-16(17)14-23-20(25)11-12-22/h3-7,9,13H,8,10-11,14H2,1-2H3,(H,23,25)(H,24,26). The summed E-state index contributed by atoms with van der Waals surface area (Å²) in [7, 11) is 3.14. The van der Waals surface area contributed by atoms with Crippen LogP contribution < -0.4 is 20.1 Å². The first kappa shape index (κ1) is 20.8. The SMILES string of the molecule is COc1ccc(CCC(=O)Nc2ccccc2CNC(=O)CC#N)cc1OC. The zero-order valence-corrected chi connectivity index (χ0v) is 16.0. The lowest BCUT2D eigenvalue weighted by atomic mass is 10.1. The summed E-state index contributed by atoms with van der Waals surface area (Å²) in [5, 5.41) is 14.1. The van der Waals surface area contributed by atoms with E-state index in [1.165, 1.54) is 0 Å². The summed E-state index contributed by atoms with van der Waals surface area (Å²) in [6.07, 6.45) is 0.651. The number of nitrogens with zero attached hydrogens (tertiary/aromatic N) is 1. The molecule has 2 aromatic rings. The lowest BCUT2D eigenvalue weighted by Gasteiger charge is -2.12. The van der Waals surface area contributed by atoms with E-state index in [1.54, 1.807) is 26.4 Å². The van der Waals surface area contributed by atoms with Crippen LogP contribution in [0.3, 0.4) is 0 Å². The van der Waals surface area contributed by atoms with Gasteiger partial charge in [0.25, 0.3) is 0 Å². The molecule has 2 amide bonds. The number of anilines is 1. The van der Waals surface area contributed by atoms with Crippen molar-refractivity contribution in [3.63, 3.8) is 0 Å². The van der Waals surface area contributed by atoms with E-state index in [0.717, 1.165) is 11.1 Å². The zero-order valence-electron chi connectivity index (χ0n) is 16.0. The highest BCUT2D eigenvalue weighted by Gasteiger charge is 2.10. The maximum Gasteiger partial charge on any atom is 0.234 e. The quantitative estimate of drug-likeness (QED) is 0.696. The van der Waals surface area contributed by atoms with Gasteiger partial charge in [-0.15, -0.1) is 0 Å². The van der Waals surface area contributed by atoms with E-state index in [-0.39, 0.29) is 24.8 Å². The normalized spacial score (nSPS) is 9.89. The molecule has 0 atom stereocenters. The minimum Gasteiger partial charge on any atom is -0.493 e. The van der Waals surface area contributed by atoms with E-state index in [0.29, 0.717) is 30.0 Å². The molecule has 2 N–H and O–H groups in total. The molecule has 0 heterocycles. The molecule has 146 valence electrons. The first-order valence-corrected chi connectivity index (χ1v) is 8.79. The Labute approximate surface area is 164 Å². The van der Waals surface area contributed by atoms with Crippen LogP contribution in [-0.4, -0.2) is 26.0 Å². The van der Waals surface area contributed by atoms with Gasteiger partial charge in [-0.25, -0.2) is 0 Å². The van der Waals surface area contributed by atoms with E-state index in [1.807, 2.05) is 36.4 Å². The monoisotopic (exact) mass is 381 g/mol. The third-order valence-corrected chi connectivity index (χ3v) is 4.10. The van der Waals surface area contributed by atoms with Crippen LogP contribution in [0.5, 0.6) is 11.5 Å². The molecule has 0 aliphatic carbocycles. The highest BCUT2D eigenvalue weighted by atomic mass is 16.5. The second-order valence-corrected chi connectivity index (χ2v) is 6.01. The molecular weight excluding hydrogens is 358 g/mol. The first-order chi connectivity index (χ1) is 13.6. The van der Waals surface area contributed by atoms with Crippen molar-refractivity contribution >= 4 is 17.5 Å². The summed E-state index contributed by atoms with van der Waals surface area (Å²) >= 11 is 0. The average molecular weight is 381 g/mol. The summed E-state index contributed by atoms with van der Waals surface area (Å²) in [5.74, 6) is 0.782. The Morgan fingerprint density at radius 2 is 1.79 bits per heavy atom. The number of aryl methyl sites for hydroxylation is 1. The number of methoxy groups -OCH3 is 2.